The second kappa shape index (κ2) is 11.3. The van der Waals surface area contributed by atoms with Gasteiger partial charge in [-0.05, 0) is 18.8 Å². The molecule has 0 radical (unpaired) electrons. The Hall–Kier alpha value is -0.520. The SMILES string of the molecule is C=CCC[C@H](C)C=C.CC. The molecule has 0 saturated carbocycles. The van der Waals surface area contributed by atoms with E-state index in [-0.39, 0.29) is 0 Å². The van der Waals surface area contributed by atoms with E-state index in [4.69, 9.17) is 0 Å². The van der Waals surface area contributed by atoms with E-state index in [9.17, 15) is 0 Å². The van der Waals surface area contributed by atoms with Crippen molar-refractivity contribution in [3.8, 4) is 0 Å². The summed E-state index contributed by atoms with van der Waals surface area (Å²) in [6.45, 7) is 13.5. The molecule has 0 spiro atoms. The Morgan fingerprint density at radius 1 is 1.30 bits per heavy atom. The maximum absolute atomic E-state index is 3.68. The van der Waals surface area contributed by atoms with E-state index in [1.807, 2.05) is 26.0 Å². The molecular formula is C10H20. The summed E-state index contributed by atoms with van der Waals surface area (Å²) < 4.78 is 0. The van der Waals surface area contributed by atoms with Crippen molar-refractivity contribution in [3.63, 3.8) is 0 Å². The van der Waals surface area contributed by atoms with Gasteiger partial charge in [0, 0.05) is 0 Å². The molecule has 0 aliphatic rings. The van der Waals surface area contributed by atoms with Crippen LogP contribution < -0.4 is 0 Å². The summed E-state index contributed by atoms with van der Waals surface area (Å²) in [6.07, 6.45) is 6.21. The van der Waals surface area contributed by atoms with E-state index in [0.29, 0.717) is 5.92 Å². The van der Waals surface area contributed by atoms with Crippen LogP contribution in [0.1, 0.15) is 33.6 Å². The van der Waals surface area contributed by atoms with Crippen molar-refractivity contribution in [1.29, 1.82) is 0 Å². The second-order valence-corrected chi connectivity index (χ2v) is 2.08. The normalized spacial score (nSPS) is 10.7. The smallest absolute Gasteiger partial charge is 0.0262 e. The fraction of sp³-hybridized carbons (Fsp3) is 0.600. The van der Waals surface area contributed by atoms with Crippen molar-refractivity contribution in [3.05, 3.63) is 25.3 Å². The van der Waals surface area contributed by atoms with Gasteiger partial charge >= 0.3 is 0 Å². The zero-order chi connectivity index (χ0) is 8.41. The first-order valence-electron chi connectivity index (χ1n) is 4.04. The Bertz CT molecular complexity index is 72.1. The highest BCUT2D eigenvalue weighted by Gasteiger charge is 1.90. The van der Waals surface area contributed by atoms with Crippen molar-refractivity contribution < 1.29 is 0 Å². The molecule has 0 amide bonds. The van der Waals surface area contributed by atoms with Crippen LogP contribution in [0.3, 0.4) is 0 Å². The van der Waals surface area contributed by atoms with Crippen molar-refractivity contribution in [2.24, 2.45) is 5.92 Å². The molecule has 0 nitrogen and oxygen atoms in total. The fourth-order valence-electron chi connectivity index (χ4n) is 0.499. The van der Waals surface area contributed by atoms with Gasteiger partial charge in [-0.3, -0.25) is 0 Å². The van der Waals surface area contributed by atoms with Crippen LogP contribution in [0.15, 0.2) is 25.3 Å². The van der Waals surface area contributed by atoms with Crippen molar-refractivity contribution in [2.45, 2.75) is 33.6 Å². The summed E-state index contributed by atoms with van der Waals surface area (Å²) >= 11 is 0. The third-order valence-electron chi connectivity index (χ3n) is 1.23. The first kappa shape index (κ1) is 12.2. The van der Waals surface area contributed by atoms with Crippen LogP contribution in [0.25, 0.3) is 0 Å². The minimum atomic E-state index is 0.646. The lowest BCUT2D eigenvalue weighted by molar-refractivity contribution is 0.660. The topological polar surface area (TPSA) is 0 Å². The molecule has 0 N–H and O–H groups in total. The summed E-state index contributed by atoms with van der Waals surface area (Å²) in [4.78, 5) is 0. The van der Waals surface area contributed by atoms with E-state index >= 15 is 0 Å². The van der Waals surface area contributed by atoms with Crippen LogP contribution in [0, 0.1) is 5.92 Å². The molecule has 0 heteroatoms. The summed E-state index contributed by atoms with van der Waals surface area (Å²) in [5, 5.41) is 0. The van der Waals surface area contributed by atoms with Crippen LogP contribution in [0.2, 0.25) is 0 Å². The van der Waals surface area contributed by atoms with Gasteiger partial charge in [0.25, 0.3) is 0 Å². The van der Waals surface area contributed by atoms with E-state index in [1.165, 1.54) is 6.42 Å². The average molecular weight is 140 g/mol. The first-order valence-corrected chi connectivity index (χ1v) is 4.04. The Morgan fingerprint density at radius 2 is 1.80 bits per heavy atom. The molecule has 0 aromatic rings. The zero-order valence-electron chi connectivity index (χ0n) is 7.56. The summed E-state index contributed by atoms with van der Waals surface area (Å²) in [5.74, 6) is 0.646. The maximum Gasteiger partial charge on any atom is -0.0262 e. The molecule has 0 aliphatic heterocycles. The Morgan fingerprint density at radius 3 is 2.10 bits per heavy atom. The maximum atomic E-state index is 3.68. The number of hydrogen-bond donors (Lipinski definition) is 0. The highest BCUT2D eigenvalue weighted by molar-refractivity contribution is 4.78. The molecule has 0 aromatic carbocycles. The largest absolute Gasteiger partial charge is 0.103 e. The lowest BCUT2D eigenvalue weighted by Crippen LogP contribution is -1.85. The van der Waals surface area contributed by atoms with Crippen LogP contribution >= 0.6 is 0 Å². The molecule has 0 unspecified atom stereocenters. The van der Waals surface area contributed by atoms with Gasteiger partial charge in [-0.2, -0.15) is 0 Å². The summed E-state index contributed by atoms with van der Waals surface area (Å²) in [5.41, 5.74) is 0. The van der Waals surface area contributed by atoms with Crippen molar-refractivity contribution in [2.75, 3.05) is 0 Å². The fourth-order valence-corrected chi connectivity index (χ4v) is 0.499. The first-order chi connectivity index (χ1) is 4.81. The zero-order valence-corrected chi connectivity index (χ0v) is 7.56. The van der Waals surface area contributed by atoms with E-state index < -0.39 is 0 Å². The number of allylic oxidation sites excluding steroid dienone is 2. The Kier molecular flexibility index (Phi) is 13.8. The Balaban J connectivity index is 0. The minimum absolute atomic E-state index is 0.646. The highest BCUT2D eigenvalue weighted by atomic mass is 14.0. The van der Waals surface area contributed by atoms with Gasteiger partial charge in [0.05, 0.1) is 0 Å². The van der Waals surface area contributed by atoms with Gasteiger partial charge in [-0.1, -0.05) is 32.9 Å². The van der Waals surface area contributed by atoms with Crippen LogP contribution in [0.4, 0.5) is 0 Å². The molecule has 1 atom stereocenters. The molecule has 0 saturated heterocycles. The predicted octanol–water partition coefficient (Wildman–Crippen LogP) is 3.80. The molecule has 0 heterocycles. The minimum Gasteiger partial charge on any atom is -0.103 e. The lowest BCUT2D eigenvalue weighted by Gasteiger charge is -1.99. The quantitative estimate of drug-likeness (QED) is 0.521. The predicted molar refractivity (Wildman–Crippen MR) is 50.1 cm³/mol. The average Bonchev–Trinajstić information content (AvgIpc) is 2.04. The summed E-state index contributed by atoms with van der Waals surface area (Å²) in [7, 11) is 0. The van der Waals surface area contributed by atoms with Crippen molar-refractivity contribution >= 4 is 0 Å². The standard InChI is InChI=1S/C8H14.C2H6/c1-4-6-7-8(3)5-2;1-2/h4-5,8H,1-2,6-7H2,3H3;1-2H3/t8-;/m1./s1. The van der Waals surface area contributed by atoms with Crippen LogP contribution in [0.5, 0.6) is 0 Å². The molecule has 0 rings (SSSR count). The molecule has 0 bridgehead atoms. The number of rotatable bonds is 4. The van der Waals surface area contributed by atoms with Gasteiger partial charge in [-0.15, -0.1) is 13.2 Å². The molecule has 60 valence electrons. The van der Waals surface area contributed by atoms with Crippen LogP contribution in [-0.4, -0.2) is 0 Å². The van der Waals surface area contributed by atoms with E-state index in [0.717, 1.165) is 6.42 Å². The molecule has 0 aliphatic carbocycles. The lowest BCUT2D eigenvalue weighted by atomic mass is 10.1. The third kappa shape index (κ3) is 10.5. The third-order valence-corrected chi connectivity index (χ3v) is 1.23. The van der Waals surface area contributed by atoms with Gasteiger partial charge < -0.3 is 0 Å². The van der Waals surface area contributed by atoms with Gasteiger partial charge in [0.2, 0.25) is 0 Å². The molecular weight excluding hydrogens is 120 g/mol. The van der Waals surface area contributed by atoms with Gasteiger partial charge in [0.15, 0.2) is 0 Å². The molecule has 0 aromatic heterocycles. The summed E-state index contributed by atoms with van der Waals surface area (Å²) in [6, 6.07) is 0. The molecule has 0 fully saturated rings. The highest BCUT2D eigenvalue weighted by Crippen LogP contribution is 2.04. The molecule has 10 heavy (non-hydrogen) atoms. The monoisotopic (exact) mass is 140 g/mol. The second-order valence-electron chi connectivity index (χ2n) is 2.08. The van der Waals surface area contributed by atoms with E-state index in [2.05, 4.69) is 20.1 Å². The van der Waals surface area contributed by atoms with Crippen molar-refractivity contribution in [1.82, 2.24) is 0 Å². The van der Waals surface area contributed by atoms with E-state index in [1.54, 1.807) is 0 Å². The van der Waals surface area contributed by atoms with Crippen LogP contribution in [-0.2, 0) is 0 Å². The number of hydrogen-bond acceptors (Lipinski definition) is 0. The Labute approximate surface area is 65.7 Å². The van der Waals surface area contributed by atoms with Gasteiger partial charge in [-0.25, -0.2) is 0 Å². The van der Waals surface area contributed by atoms with Gasteiger partial charge in [0.1, 0.15) is 0 Å².